The van der Waals surface area contributed by atoms with Gasteiger partial charge in [0.05, 0.1) is 12.2 Å². The Hall–Kier alpha value is -2.33. The van der Waals surface area contributed by atoms with Crippen molar-refractivity contribution in [3.8, 4) is 0 Å². The van der Waals surface area contributed by atoms with Crippen LogP contribution in [0.2, 0.25) is 0 Å². The van der Waals surface area contributed by atoms with Crippen molar-refractivity contribution < 1.29 is 22.6 Å². The largest absolute Gasteiger partial charge is 0.480 e. The van der Waals surface area contributed by atoms with Crippen molar-refractivity contribution in [2.45, 2.75) is 44.8 Å². The Balaban J connectivity index is 1.19. The van der Waals surface area contributed by atoms with Gasteiger partial charge in [-0.15, -0.1) is 10.2 Å². The molecule has 0 amide bonds. The first-order valence-corrected chi connectivity index (χ1v) is 12.1. The topological polar surface area (TPSA) is 75.7 Å². The Bertz CT molecular complexity index is 868. The van der Waals surface area contributed by atoms with E-state index < -0.39 is 11.7 Å². The molecule has 2 atom stereocenters. The van der Waals surface area contributed by atoms with Crippen LogP contribution in [0.4, 0.5) is 18.9 Å². The summed E-state index contributed by atoms with van der Waals surface area (Å²) in [5.74, 6) is 1.81. The van der Waals surface area contributed by atoms with Gasteiger partial charge in [0.1, 0.15) is 5.84 Å². The minimum absolute atomic E-state index is 0.224. The lowest BCUT2D eigenvalue weighted by molar-refractivity contribution is -0.137. The first-order valence-electron chi connectivity index (χ1n) is 12.1. The predicted octanol–water partition coefficient (Wildman–Crippen LogP) is 3.74. The summed E-state index contributed by atoms with van der Waals surface area (Å²) < 4.78 is 49.6. The van der Waals surface area contributed by atoms with E-state index in [0.29, 0.717) is 43.5 Å². The van der Waals surface area contributed by atoms with E-state index in [1.807, 2.05) is 0 Å². The van der Waals surface area contributed by atoms with Crippen LogP contribution in [0.3, 0.4) is 0 Å². The number of nitrogens with zero attached hydrogens (tertiary/aromatic N) is 4. The van der Waals surface area contributed by atoms with Gasteiger partial charge in [-0.25, -0.2) is 0 Å². The highest BCUT2D eigenvalue weighted by molar-refractivity contribution is 5.84. The van der Waals surface area contributed by atoms with Crippen LogP contribution in [0, 0.1) is 11.8 Å². The van der Waals surface area contributed by atoms with Gasteiger partial charge >= 0.3 is 6.18 Å². The maximum absolute atomic E-state index is 12.9. The van der Waals surface area contributed by atoms with E-state index in [2.05, 4.69) is 20.0 Å². The number of hydrogen-bond donors (Lipinski definition) is 1. The lowest BCUT2D eigenvalue weighted by Crippen LogP contribution is -2.35. The molecule has 3 fully saturated rings. The van der Waals surface area contributed by atoms with Crippen molar-refractivity contribution in [3.05, 3.63) is 29.8 Å². The van der Waals surface area contributed by atoms with Crippen LogP contribution >= 0.6 is 0 Å². The second-order valence-corrected chi connectivity index (χ2v) is 9.35. The number of amidine groups is 1. The molecule has 3 aliphatic heterocycles. The number of halogens is 3. The molecule has 7 nitrogen and oxygen atoms in total. The summed E-state index contributed by atoms with van der Waals surface area (Å²) in [5.41, 5.74) is 6.30. The zero-order valence-corrected chi connectivity index (χ0v) is 19.6. The molecule has 4 rings (SSSR count). The Kier molecular flexibility index (Phi) is 7.98. The molecule has 0 bridgehead atoms. The van der Waals surface area contributed by atoms with Crippen LogP contribution in [-0.4, -0.2) is 68.7 Å². The van der Waals surface area contributed by atoms with Gasteiger partial charge in [-0.1, -0.05) is 0 Å². The van der Waals surface area contributed by atoms with Crippen LogP contribution in [0.25, 0.3) is 0 Å². The molecule has 0 radical (unpaired) electrons. The maximum atomic E-state index is 12.9. The fourth-order valence-electron chi connectivity index (χ4n) is 5.13. The highest BCUT2D eigenvalue weighted by Crippen LogP contribution is 2.36. The molecule has 0 spiro atoms. The van der Waals surface area contributed by atoms with Crippen molar-refractivity contribution in [3.63, 3.8) is 0 Å². The molecule has 3 aliphatic rings. The van der Waals surface area contributed by atoms with Gasteiger partial charge < -0.3 is 25.0 Å². The summed E-state index contributed by atoms with van der Waals surface area (Å²) >= 11 is 0. The summed E-state index contributed by atoms with van der Waals surface area (Å²) in [4.78, 5) is 4.68. The predicted molar refractivity (Wildman–Crippen MR) is 126 cm³/mol. The van der Waals surface area contributed by atoms with Crippen molar-refractivity contribution >= 4 is 17.4 Å². The Morgan fingerprint density at radius 2 is 1.85 bits per heavy atom. The molecule has 3 saturated heterocycles. The van der Waals surface area contributed by atoms with Gasteiger partial charge in [0, 0.05) is 64.0 Å². The average molecular weight is 482 g/mol. The lowest BCUT2D eigenvalue weighted by atomic mass is 9.99. The third-order valence-corrected chi connectivity index (χ3v) is 7.03. The molecule has 3 heterocycles. The molecule has 0 saturated carbocycles. The van der Waals surface area contributed by atoms with Crippen LogP contribution < -0.4 is 10.6 Å². The molecule has 188 valence electrons. The molecular weight excluding hydrogens is 447 g/mol. The molecule has 2 N–H and O–H groups in total. The number of benzene rings is 1. The summed E-state index contributed by atoms with van der Waals surface area (Å²) in [6.45, 7) is 7.49. The van der Waals surface area contributed by atoms with Crippen molar-refractivity contribution in [1.82, 2.24) is 4.90 Å². The number of fused-ring (bicyclic) bond motifs is 1. The van der Waals surface area contributed by atoms with Crippen LogP contribution in [0.5, 0.6) is 0 Å². The Morgan fingerprint density at radius 3 is 2.56 bits per heavy atom. The lowest BCUT2D eigenvalue weighted by Gasteiger charge is -2.27. The van der Waals surface area contributed by atoms with E-state index in [1.165, 1.54) is 12.1 Å². The van der Waals surface area contributed by atoms with Crippen molar-refractivity contribution in [1.29, 1.82) is 0 Å². The summed E-state index contributed by atoms with van der Waals surface area (Å²) in [6, 6.07) is 5.90. The monoisotopic (exact) mass is 481 g/mol. The smallest absolute Gasteiger partial charge is 0.416 e. The minimum Gasteiger partial charge on any atom is -0.480 e. The van der Waals surface area contributed by atoms with Gasteiger partial charge in [-0.3, -0.25) is 0 Å². The van der Waals surface area contributed by atoms with E-state index in [0.717, 1.165) is 57.5 Å². The summed E-state index contributed by atoms with van der Waals surface area (Å²) in [6.07, 6.45) is -0.619. The molecule has 10 heteroatoms. The van der Waals surface area contributed by atoms with E-state index in [1.54, 1.807) is 19.1 Å². The molecule has 0 aromatic heterocycles. The second-order valence-electron chi connectivity index (χ2n) is 9.35. The number of rotatable bonds is 7. The fraction of sp³-hybridized carbons (Fsp3) is 0.667. The summed E-state index contributed by atoms with van der Waals surface area (Å²) in [5, 5.41) is 8.23. The van der Waals surface area contributed by atoms with Gasteiger partial charge in [-0.2, -0.15) is 13.2 Å². The van der Waals surface area contributed by atoms with Crippen molar-refractivity contribution in [2.24, 2.45) is 27.8 Å². The number of anilines is 1. The first-order chi connectivity index (χ1) is 16.3. The van der Waals surface area contributed by atoms with Crippen molar-refractivity contribution in [2.75, 3.05) is 50.9 Å². The number of hydrogen-bond acceptors (Lipinski definition) is 6. The minimum atomic E-state index is -4.30. The molecule has 1 aromatic carbocycles. The highest BCUT2D eigenvalue weighted by Gasteiger charge is 2.41. The zero-order valence-electron chi connectivity index (χ0n) is 19.6. The maximum Gasteiger partial charge on any atom is 0.416 e. The number of nitrogens with two attached hydrogens (primary N) is 1. The number of ether oxygens (including phenoxy) is 2. The highest BCUT2D eigenvalue weighted by atomic mass is 19.4. The zero-order chi connectivity index (χ0) is 24.1. The van der Waals surface area contributed by atoms with E-state index in [-0.39, 0.29) is 5.92 Å². The molecule has 1 aromatic rings. The average Bonchev–Trinajstić information content (AvgIpc) is 3.41. The Labute approximate surface area is 198 Å². The number of alkyl halides is 3. The summed E-state index contributed by atoms with van der Waals surface area (Å²) in [7, 11) is 0. The van der Waals surface area contributed by atoms with Gasteiger partial charge in [0.25, 0.3) is 0 Å². The van der Waals surface area contributed by atoms with Crippen LogP contribution in [0.1, 0.15) is 38.2 Å². The van der Waals surface area contributed by atoms with Crippen LogP contribution in [0.15, 0.2) is 34.5 Å². The Morgan fingerprint density at radius 1 is 1.12 bits per heavy atom. The quantitative estimate of drug-likeness (QED) is 0.278. The van der Waals surface area contributed by atoms with Gasteiger partial charge in [0.2, 0.25) is 5.90 Å². The molecule has 2 unspecified atom stereocenters. The SMILES string of the molecule is C/C(=N\N=C(/N)C1CCOCC1)OCCCN1CC2CCN(c3ccc(C(F)(F)F)cc3)C2C1. The van der Waals surface area contributed by atoms with Crippen LogP contribution in [-0.2, 0) is 15.7 Å². The third-order valence-electron chi connectivity index (χ3n) is 7.03. The van der Waals surface area contributed by atoms with E-state index in [9.17, 15) is 13.2 Å². The first kappa shape index (κ1) is 24.8. The van der Waals surface area contributed by atoms with E-state index >= 15 is 0 Å². The standard InChI is InChI=1S/C24H34F3N5O2/c1-17(29-30-23(28)18-8-13-33-14-9-18)34-12-2-10-31-15-19-7-11-32(22(19)16-31)21-5-3-20(4-6-21)24(25,26)27/h3-6,18-19,22H,2,7-16H2,1H3,(H2,28,30)/b29-17+. The van der Waals surface area contributed by atoms with Gasteiger partial charge in [0.15, 0.2) is 0 Å². The normalized spacial score (nSPS) is 25.1. The molecular formula is C24H34F3N5O2. The number of likely N-dealkylation sites (tertiary alicyclic amines) is 1. The van der Waals surface area contributed by atoms with Gasteiger partial charge in [-0.05, 0) is 55.9 Å². The van der Waals surface area contributed by atoms with E-state index in [4.69, 9.17) is 15.2 Å². The molecule has 34 heavy (non-hydrogen) atoms. The second kappa shape index (κ2) is 10.9. The third kappa shape index (κ3) is 6.21. The molecule has 0 aliphatic carbocycles. The fourth-order valence-corrected chi connectivity index (χ4v) is 5.13.